The lowest BCUT2D eigenvalue weighted by Crippen LogP contribution is -2.44. The highest BCUT2D eigenvalue weighted by atomic mass is 127. The first-order valence-corrected chi connectivity index (χ1v) is 9.56. The highest BCUT2D eigenvalue weighted by molar-refractivity contribution is 14.1. The fourth-order valence-corrected chi connectivity index (χ4v) is 5.69. The summed E-state index contributed by atoms with van der Waals surface area (Å²) in [4.78, 5) is 0.437. The summed E-state index contributed by atoms with van der Waals surface area (Å²) in [6.07, 6.45) is 2.20. The molecule has 2 aliphatic heterocycles. The fourth-order valence-electron chi connectivity index (χ4n) is 3.70. The number of benzene rings is 1. The van der Waals surface area contributed by atoms with Crippen LogP contribution in [0.3, 0.4) is 0 Å². The van der Waals surface area contributed by atoms with Gasteiger partial charge in [0.05, 0.1) is 23.9 Å². The minimum absolute atomic E-state index is 0.0662. The van der Waals surface area contributed by atoms with Crippen LogP contribution in [0.15, 0.2) is 24.3 Å². The van der Waals surface area contributed by atoms with Gasteiger partial charge in [-0.15, -0.1) is 0 Å². The highest BCUT2D eigenvalue weighted by Crippen LogP contribution is 2.57. The van der Waals surface area contributed by atoms with Crippen molar-refractivity contribution in [1.29, 1.82) is 0 Å². The third-order valence-corrected chi connectivity index (χ3v) is 7.25. The summed E-state index contributed by atoms with van der Waals surface area (Å²) in [5.41, 5.74) is 1.04. The summed E-state index contributed by atoms with van der Waals surface area (Å²) < 4.78 is 14.0. The minimum Gasteiger partial charge on any atom is -0.370 e. The number of ether oxygens (including phenoxy) is 2. The molecule has 2 nitrogen and oxygen atoms in total. The van der Waals surface area contributed by atoms with Crippen molar-refractivity contribution >= 4 is 38.5 Å². The molecule has 4 unspecified atom stereocenters. The quantitative estimate of drug-likeness (QED) is 0.465. The van der Waals surface area contributed by atoms with Gasteiger partial charge in [-0.25, -0.2) is 0 Å². The predicted molar refractivity (Wildman–Crippen MR) is 96.7 cm³/mol. The zero-order valence-corrected chi connectivity index (χ0v) is 16.5. The van der Waals surface area contributed by atoms with Gasteiger partial charge in [-0.2, -0.15) is 0 Å². The van der Waals surface area contributed by atoms with Gasteiger partial charge in [-0.3, -0.25) is 0 Å². The van der Waals surface area contributed by atoms with Crippen molar-refractivity contribution in [2.75, 3.05) is 0 Å². The van der Waals surface area contributed by atoms with Crippen molar-refractivity contribution in [3.05, 3.63) is 33.4 Å². The second kappa shape index (κ2) is 5.77. The van der Waals surface area contributed by atoms with Gasteiger partial charge in [0.15, 0.2) is 0 Å². The lowest BCUT2D eigenvalue weighted by Gasteiger charge is -2.35. The van der Waals surface area contributed by atoms with Crippen LogP contribution in [0.1, 0.15) is 39.2 Å². The molecule has 0 saturated carbocycles. The molecule has 2 saturated heterocycles. The molecule has 21 heavy (non-hydrogen) atoms. The largest absolute Gasteiger partial charge is 0.370 e. The van der Waals surface area contributed by atoms with Gasteiger partial charge < -0.3 is 9.47 Å². The van der Waals surface area contributed by atoms with Crippen molar-refractivity contribution in [2.24, 2.45) is 5.92 Å². The molecule has 0 N–H and O–H groups in total. The third-order valence-electron chi connectivity index (χ3n) is 5.10. The Balaban J connectivity index is 1.73. The van der Waals surface area contributed by atoms with Crippen LogP contribution in [0, 0.1) is 9.49 Å². The van der Waals surface area contributed by atoms with E-state index in [1.807, 2.05) is 0 Å². The summed E-state index contributed by atoms with van der Waals surface area (Å²) in [5.74, 6) is 0.495. The Labute approximate surface area is 149 Å². The molecule has 0 amide bonds. The molecule has 0 spiro atoms. The van der Waals surface area contributed by atoms with Crippen LogP contribution in [0.25, 0.3) is 0 Å². The van der Waals surface area contributed by atoms with Crippen LogP contribution in [0.4, 0.5) is 0 Å². The van der Waals surface area contributed by atoms with Gasteiger partial charge in [0.25, 0.3) is 0 Å². The SMILES string of the molecule is CC(C)C12CC(OCc3ccccc3I)C(C)(CC1Br)O2. The Morgan fingerprint density at radius 3 is 2.71 bits per heavy atom. The maximum Gasteiger partial charge on any atom is 0.0936 e. The second-order valence-corrected chi connectivity index (χ2v) is 9.06. The van der Waals surface area contributed by atoms with Gasteiger partial charge in [-0.1, -0.05) is 48.0 Å². The van der Waals surface area contributed by atoms with Gasteiger partial charge in [0.1, 0.15) is 0 Å². The molecule has 4 heteroatoms. The normalized spacial score (nSPS) is 38.4. The minimum atomic E-state index is -0.154. The van der Waals surface area contributed by atoms with Crippen molar-refractivity contribution < 1.29 is 9.47 Å². The van der Waals surface area contributed by atoms with Crippen LogP contribution in [-0.4, -0.2) is 22.1 Å². The number of alkyl halides is 1. The molecular formula is C17H22BrIO2. The van der Waals surface area contributed by atoms with E-state index in [2.05, 4.69) is 83.6 Å². The van der Waals surface area contributed by atoms with Crippen LogP contribution < -0.4 is 0 Å². The molecular weight excluding hydrogens is 443 g/mol. The van der Waals surface area contributed by atoms with Crippen LogP contribution in [0.2, 0.25) is 0 Å². The molecule has 116 valence electrons. The summed E-state index contributed by atoms with van der Waals surface area (Å²) in [5, 5.41) is 0. The number of rotatable bonds is 4. The number of halogens is 2. The first-order valence-electron chi connectivity index (χ1n) is 7.57. The van der Waals surface area contributed by atoms with E-state index in [9.17, 15) is 0 Å². The van der Waals surface area contributed by atoms with Crippen LogP contribution >= 0.6 is 38.5 Å². The monoisotopic (exact) mass is 464 g/mol. The smallest absolute Gasteiger partial charge is 0.0936 e. The van der Waals surface area contributed by atoms with Gasteiger partial charge in [0, 0.05) is 14.8 Å². The van der Waals surface area contributed by atoms with Crippen molar-refractivity contribution in [1.82, 2.24) is 0 Å². The maximum absolute atomic E-state index is 6.48. The second-order valence-electron chi connectivity index (χ2n) is 6.79. The van der Waals surface area contributed by atoms with Crippen molar-refractivity contribution in [3.63, 3.8) is 0 Å². The summed E-state index contributed by atoms with van der Waals surface area (Å²) in [6, 6.07) is 8.41. The van der Waals surface area contributed by atoms with Gasteiger partial charge in [-0.05, 0) is 53.5 Å². The van der Waals surface area contributed by atoms with E-state index >= 15 is 0 Å². The maximum atomic E-state index is 6.48. The van der Waals surface area contributed by atoms with Gasteiger partial charge >= 0.3 is 0 Å². The van der Waals surface area contributed by atoms with Crippen LogP contribution in [0.5, 0.6) is 0 Å². The Kier molecular flexibility index (Phi) is 4.45. The molecule has 1 aromatic carbocycles. The average Bonchev–Trinajstić information content (AvgIpc) is 2.86. The molecule has 3 rings (SSSR count). The number of hydrogen-bond acceptors (Lipinski definition) is 2. The van der Waals surface area contributed by atoms with Gasteiger partial charge in [0.2, 0.25) is 0 Å². The fraction of sp³-hybridized carbons (Fsp3) is 0.647. The third kappa shape index (κ3) is 2.70. The first kappa shape index (κ1) is 16.2. The standard InChI is InChI=1S/C17H22BrIO2/c1-11(2)17-9-15(16(3,21-17)8-14(17)18)20-10-12-6-4-5-7-13(12)19/h4-7,11,14-15H,8-10H2,1-3H3. The Morgan fingerprint density at radius 1 is 1.38 bits per heavy atom. The topological polar surface area (TPSA) is 18.5 Å². The van der Waals surface area contributed by atoms with E-state index in [-0.39, 0.29) is 17.3 Å². The molecule has 2 heterocycles. The molecule has 2 fully saturated rings. The molecule has 0 radical (unpaired) electrons. The van der Waals surface area contributed by atoms with E-state index < -0.39 is 0 Å². The van der Waals surface area contributed by atoms with E-state index in [4.69, 9.17) is 9.47 Å². The lowest BCUT2D eigenvalue weighted by molar-refractivity contribution is -0.0956. The summed E-state index contributed by atoms with van der Waals surface area (Å²) >= 11 is 6.21. The average molecular weight is 465 g/mol. The number of hydrogen-bond donors (Lipinski definition) is 0. The molecule has 2 aliphatic rings. The van der Waals surface area contributed by atoms with Crippen molar-refractivity contribution in [2.45, 2.75) is 62.4 Å². The molecule has 2 bridgehead atoms. The Bertz CT molecular complexity index is 535. The Hall–Kier alpha value is 0.350. The van der Waals surface area contributed by atoms with Crippen LogP contribution in [-0.2, 0) is 16.1 Å². The predicted octanol–water partition coefficient (Wildman–Crippen LogP) is 4.92. The molecule has 4 atom stereocenters. The molecule has 0 aromatic heterocycles. The first-order chi connectivity index (χ1) is 9.87. The van der Waals surface area contributed by atoms with E-state index in [1.54, 1.807) is 0 Å². The highest BCUT2D eigenvalue weighted by Gasteiger charge is 2.65. The summed E-state index contributed by atoms with van der Waals surface area (Å²) in [6.45, 7) is 7.38. The zero-order valence-electron chi connectivity index (χ0n) is 12.7. The summed E-state index contributed by atoms with van der Waals surface area (Å²) in [7, 11) is 0. The lowest BCUT2D eigenvalue weighted by atomic mass is 9.75. The Morgan fingerprint density at radius 2 is 2.10 bits per heavy atom. The van der Waals surface area contributed by atoms with E-state index in [0.29, 0.717) is 17.4 Å². The molecule has 0 aliphatic carbocycles. The van der Waals surface area contributed by atoms with Crippen molar-refractivity contribution in [3.8, 4) is 0 Å². The molecule has 1 aromatic rings. The van der Waals surface area contributed by atoms with E-state index in [1.165, 1.54) is 9.13 Å². The van der Waals surface area contributed by atoms with E-state index in [0.717, 1.165) is 12.8 Å². The number of fused-ring (bicyclic) bond motifs is 2. The zero-order chi connectivity index (χ0) is 15.3.